The van der Waals surface area contributed by atoms with Crippen molar-refractivity contribution < 1.29 is 5.11 Å². The zero-order valence-electron chi connectivity index (χ0n) is 5.25. The Kier molecular flexibility index (Phi) is 1.10. The first-order valence-corrected chi connectivity index (χ1v) is 3.47. The van der Waals surface area contributed by atoms with E-state index in [9.17, 15) is 5.11 Å². The van der Waals surface area contributed by atoms with E-state index in [1.165, 1.54) is 0 Å². The van der Waals surface area contributed by atoms with E-state index in [2.05, 4.69) is 17.5 Å². The molecule has 0 spiro atoms. The minimum Gasteiger partial charge on any atom is -0.393 e. The van der Waals surface area contributed by atoms with Gasteiger partial charge >= 0.3 is 0 Å². The SMILES string of the molecule is OC1C[C@H]2C=C[C@@H](C1)N2. The molecule has 2 N–H and O–H groups in total. The van der Waals surface area contributed by atoms with E-state index in [4.69, 9.17) is 0 Å². The van der Waals surface area contributed by atoms with Crippen LogP contribution in [0.25, 0.3) is 0 Å². The molecule has 0 amide bonds. The summed E-state index contributed by atoms with van der Waals surface area (Å²) in [6, 6.07) is 0.914. The number of hydrogen-bond acceptors (Lipinski definition) is 2. The Morgan fingerprint density at radius 1 is 1.22 bits per heavy atom. The van der Waals surface area contributed by atoms with Crippen molar-refractivity contribution in [3.63, 3.8) is 0 Å². The summed E-state index contributed by atoms with van der Waals surface area (Å²) in [7, 11) is 0. The van der Waals surface area contributed by atoms with E-state index < -0.39 is 0 Å². The molecule has 1 unspecified atom stereocenters. The van der Waals surface area contributed by atoms with Crippen LogP contribution in [0.4, 0.5) is 0 Å². The van der Waals surface area contributed by atoms with Crippen molar-refractivity contribution in [3.05, 3.63) is 12.2 Å². The fraction of sp³-hybridized carbons (Fsp3) is 0.714. The monoisotopic (exact) mass is 125 g/mol. The standard InChI is InChI=1S/C7H11NO/c9-7-3-5-1-2-6(4-7)8-5/h1-2,5-9H,3-4H2/t5-,6+,7?. The van der Waals surface area contributed by atoms with Gasteiger partial charge in [0.25, 0.3) is 0 Å². The molecule has 9 heavy (non-hydrogen) atoms. The molecule has 0 saturated carbocycles. The van der Waals surface area contributed by atoms with Crippen LogP contribution in [-0.2, 0) is 0 Å². The molecule has 2 aliphatic heterocycles. The summed E-state index contributed by atoms with van der Waals surface area (Å²) in [5, 5.41) is 12.6. The third-order valence-electron chi connectivity index (χ3n) is 2.06. The van der Waals surface area contributed by atoms with Gasteiger partial charge in [0.2, 0.25) is 0 Å². The highest BCUT2D eigenvalue weighted by atomic mass is 16.3. The Morgan fingerprint density at radius 2 is 1.78 bits per heavy atom. The maximum Gasteiger partial charge on any atom is 0.0576 e. The molecule has 2 bridgehead atoms. The molecule has 2 rings (SSSR count). The molecule has 0 aromatic heterocycles. The molecule has 1 saturated heterocycles. The molecule has 0 aromatic rings. The maximum absolute atomic E-state index is 9.21. The van der Waals surface area contributed by atoms with Gasteiger partial charge in [0, 0.05) is 12.1 Å². The molecular weight excluding hydrogens is 114 g/mol. The Bertz CT molecular complexity index is 130. The lowest BCUT2D eigenvalue weighted by Gasteiger charge is -2.25. The van der Waals surface area contributed by atoms with E-state index >= 15 is 0 Å². The summed E-state index contributed by atoms with van der Waals surface area (Å²) in [4.78, 5) is 0. The molecule has 0 aromatic carbocycles. The summed E-state index contributed by atoms with van der Waals surface area (Å²) >= 11 is 0. The van der Waals surface area contributed by atoms with Gasteiger partial charge in [0.15, 0.2) is 0 Å². The predicted octanol–water partition coefficient (Wildman–Crippen LogP) is 0.0377. The van der Waals surface area contributed by atoms with Crippen LogP contribution in [0.15, 0.2) is 12.2 Å². The second-order valence-electron chi connectivity index (χ2n) is 2.89. The van der Waals surface area contributed by atoms with Crippen molar-refractivity contribution in [1.82, 2.24) is 5.32 Å². The van der Waals surface area contributed by atoms with Gasteiger partial charge in [-0.2, -0.15) is 0 Å². The summed E-state index contributed by atoms with van der Waals surface area (Å²) in [6.07, 6.45) is 6.03. The number of nitrogens with one attached hydrogen (secondary N) is 1. The first-order chi connectivity index (χ1) is 4.34. The van der Waals surface area contributed by atoms with E-state index in [0.717, 1.165) is 12.8 Å². The van der Waals surface area contributed by atoms with E-state index in [1.54, 1.807) is 0 Å². The number of aliphatic hydroxyl groups excluding tert-OH is 1. The summed E-state index contributed by atoms with van der Waals surface area (Å²) in [5.41, 5.74) is 0. The van der Waals surface area contributed by atoms with Gasteiger partial charge in [-0.25, -0.2) is 0 Å². The lowest BCUT2D eigenvalue weighted by Crippen LogP contribution is -2.41. The van der Waals surface area contributed by atoms with Gasteiger partial charge in [0.05, 0.1) is 6.10 Å². The molecule has 2 heteroatoms. The van der Waals surface area contributed by atoms with Gasteiger partial charge in [0.1, 0.15) is 0 Å². The van der Waals surface area contributed by atoms with Crippen LogP contribution >= 0.6 is 0 Å². The number of aliphatic hydroxyl groups is 1. The maximum atomic E-state index is 9.21. The smallest absolute Gasteiger partial charge is 0.0576 e. The van der Waals surface area contributed by atoms with Crippen molar-refractivity contribution in [2.75, 3.05) is 0 Å². The van der Waals surface area contributed by atoms with Crippen LogP contribution in [0, 0.1) is 0 Å². The van der Waals surface area contributed by atoms with Gasteiger partial charge in [-0.15, -0.1) is 0 Å². The van der Waals surface area contributed by atoms with Gasteiger partial charge < -0.3 is 10.4 Å². The van der Waals surface area contributed by atoms with Gasteiger partial charge in [-0.05, 0) is 12.8 Å². The first-order valence-electron chi connectivity index (χ1n) is 3.47. The highest BCUT2D eigenvalue weighted by Crippen LogP contribution is 2.20. The van der Waals surface area contributed by atoms with Crippen molar-refractivity contribution in [1.29, 1.82) is 0 Å². The zero-order valence-corrected chi connectivity index (χ0v) is 5.25. The lowest BCUT2D eigenvalue weighted by molar-refractivity contribution is 0.119. The second kappa shape index (κ2) is 1.82. The van der Waals surface area contributed by atoms with Gasteiger partial charge in [-0.3, -0.25) is 0 Å². The van der Waals surface area contributed by atoms with Crippen molar-refractivity contribution >= 4 is 0 Å². The Morgan fingerprint density at radius 3 is 2.33 bits per heavy atom. The van der Waals surface area contributed by atoms with Crippen molar-refractivity contribution in [3.8, 4) is 0 Å². The molecular formula is C7H11NO. The second-order valence-corrected chi connectivity index (χ2v) is 2.89. The van der Waals surface area contributed by atoms with Crippen molar-refractivity contribution in [2.45, 2.75) is 31.0 Å². The molecule has 50 valence electrons. The van der Waals surface area contributed by atoms with Crippen LogP contribution in [-0.4, -0.2) is 23.3 Å². The van der Waals surface area contributed by atoms with E-state index in [1.807, 2.05) is 0 Å². The quantitative estimate of drug-likeness (QED) is 0.448. The Hall–Kier alpha value is -0.340. The highest BCUT2D eigenvalue weighted by Gasteiger charge is 2.27. The van der Waals surface area contributed by atoms with Crippen LogP contribution in [0.5, 0.6) is 0 Å². The fourth-order valence-corrected chi connectivity index (χ4v) is 1.63. The molecule has 2 nitrogen and oxygen atoms in total. The average Bonchev–Trinajstić information content (AvgIpc) is 2.11. The Balaban J connectivity index is 2.10. The molecule has 0 radical (unpaired) electrons. The van der Waals surface area contributed by atoms with Crippen LogP contribution in [0.2, 0.25) is 0 Å². The predicted molar refractivity (Wildman–Crippen MR) is 35.1 cm³/mol. The molecule has 0 aliphatic carbocycles. The van der Waals surface area contributed by atoms with Crippen LogP contribution in [0.1, 0.15) is 12.8 Å². The number of piperidine rings is 1. The zero-order chi connectivity index (χ0) is 6.27. The third kappa shape index (κ3) is 0.884. The molecule has 2 aliphatic rings. The van der Waals surface area contributed by atoms with E-state index in [-0.39, 0.29) is 6.10 Å². The minimum atomic E-state index is -0.0729. The fourth-order valence-electron chi connectivity index (χ4n) is 1.63. The van der Waals surface area contributed by atoms with Crippen LogP contribution in [0.3, 0.4) is 0 Å². The summed E-state index contributed by atoms with van der Waals surface area (Å²) in [5.74, 6) is 0. The highest BCUT2D eigenvalue weighted by molar-refractivity contribution is 5.12. The minimum absolute atomic E-state index is 0.0729. The lowest BCUT2D eigenvalue weighted by atomic mass is 10.0. The van der Waals surface area contributed by atoms with Crippen molar-refractivity contribution in [2.24, 2.45) is 0 Å². The molecule has 2 heterocycles. The first kappa shape index (κ1) is 5.45. The summed E-state index contributed by atoms with van der Waals surface area (Å²) in [6.45, 7) is 0. The molecule has 1 fully saturated rings. The number of hydrogen-bond donors (Lipinski definition) is 2. The Labute approximate surface area is 54.6 Å². The van der Waals surface area contributed by atoms with E-state index in [0.29, 0.717) is 12.1 Å². The normalized spacial score (nSPS) is 47.9. The third-order valence-corrected chi connectivity index (χ3v) is 2.06. The van der Waals surface area contributed by atoms with Gasteiger partial charge in [-0.1, -0.05) is 12.2 Å². The largest absolute Gasteiger partial charge is 0.393 e. The van der Waals surface area contributed by atoms with Crippen LogP contribution < -0.4 is 5.32 Å². The average molecular weight is 125 g/mol. The number of rotatable bonds is 0. The number of fused-ring (bicyclic) bond motifs is 2. The summed E-state index contributed by atoms with van der Waals surface area (Å²) < 4.78 is 0. The topological polar surface area (TPSA) is 32.3 Å². The molecule has 3 atom stereocenters.